The summed E-state index contributed by atoms with van der Waals surface area (Å²) in [4.78, 5) is 24.8. The minimum Gasteiger partial charge on any atom is -0.406 e. The van der Waals surface area contributed by atoms with Gasteiger partial charge in [-0.3, -0.25) is 4.79 Å². The molecule has 0 radical (unpaired) electrons. The van der Waals surface area contributed by atoms with Crippen LogP contribution in [0.4, 0.5) is 0 Å². The van der Waals surface area contributed by atoms with Gasteiger partial charge in [-0.15, -0.1) is 0 Å². The first-order valence-electron chi connectivity index (χ1n) is 3.11. The molecule has 0 aromatic carbocycles. The summed E-state index contributed by atoms with van der Waals surface area (Å²) < 4.78 is 4.59. The monoisotopic (exact) mass is 165 g/mol. The highest BCUT2D eigenvalue weighted by Gasteiger charge is 2.00. The van der Waals surface area contributed by atoms with Crippen LogP contribution in [0.1, 0.15) is 0 Å². The van der Waals surface area contributed by atoms with E-state index >= 15 is 0 Å². The van der Waals surface area contributed by atoms with Crippen LogP contribution >= 0.6 is 0 Å². The predicted octanol–water partition coefficient (Wildman–Crippen LogP) is -0.729. The molecule has 2 heterocycles. The van der Waals surface area contributed by atoms with E-state index in [9.17, 15) is 9.59 Å². The van der Waals surface area contributed by atoms with Crippen molar-refractivity contribution in [1.29, 1.82) is 0 Å². The van der Waals surface area contributed by atoms with Crippen molar-refractivity contribution in [3.05, 3.63) is 33.3 Å². The van der Waals surface area contributed by atoms with Gasteiger partial charge in [-0.05, 0) is 0 Å². The van der Waals surface area contributed by atoms with E-state index in [4.69, 9.17) is 0 Å². The largest absolute Gasteiger partial charge is 0.439 e. The molecular formula is C6H3N3O3. The summed E-state index contributed by atoms with van der Waals surface area (Å²) in [5, 5.41) is 5.85. The van der Waals surface area contributed by atoms with Crippen LogP contribution in [0.25, 0.3) is 11.0 Å². The second kappa shape index (κ2) is 2.26. The fraction of sp³-hybridized carbons (Fsp3) is 0. The number of aromatic amines is 1. The zero-order chi connectivity index (χ0) is 8.55. The number of hydrogen-bond acceptors (Lipinski definition) is 5. The molecule has 0 aliphatic rings. The second-order valence-electron chi connectivity index (χ2n) is 2.10. The smallest absolute Gasteiger partial charge is 0.406 e. The molecule has 0 spiro atoms. The van der Waals surface area contributed by atoms with Crippen molar-refractivity contribution in [2.24, 2.45) is 0 Å². The van der Waals surface area contributed by atoms with Crippen LogP contribution in [0.15, 0.2) is 26.4 Å². The fourth-order valence-corrected chi connectivity index (χ4v) is 0.832. The van der Waals surface area contributed by atoms with Gasteiger partial charge < -0.3 is 4.42 Å². The van der Waals surface area contributed by atoms with Gasteiger partial charge in [-0.1, -0.05) is 0 Å². The molecule has 0 bridgehead atoms. The highest BCUT2D eigenvalue weighted by Crippen LogP contribution is 1.99. The Kier molecular flexibility index (Phi) is 1.26. The van der Waals surface area contributed by atoms with Crippen molar-refractivity contribution >= 4 is 11.0 Å². The van der Waals surface area contributed by atoms with Crippen LogP contribution in [0.5, 0.6) is 0 Å². The van der Waals surface area contributed by atoms with E-state index in [2.05, 4.69) is 19.6 Å². The number of fused-ring (bicyclic) bond motifs is 1. The molecule has 6 heteroatoms. The molecule has 0 fully saturated rings. The Bertz CT molecular complexity index is 527. The molecule has 12 heavy (non-hydrogen) atoms. The van der Waals surface area contributed by atoms with Gasteiger partial charge in [0.25, 0.3) is 5.56 Å². The molecule has 0 aliphatic carbocycles. The lowest BCUT2D eigenvalue weighted by atomic mass is 10.4. The number of nitrogens with zero attached hydrogens (tertiary/aromatic N) is 2. The van der Waals surface area contributed by atoms with E-state index in [1.54, 1.807) is 0 Å². The van der Waals surface area contributed by atoms with Crippen molar-refractivity contribution in [2.45, 2.75) is 0 Å². The van der Waals surface area contributed by atoms with Gasteiger partial charge in [0, 0.05) is 0 Å². The van der Waals surface area contributed by atoms with Gasteiger partial charge in [0.2, 0.25) is 0 Å². The standard InChI is InChI=1S/C6H3N3O3/c10-5-3-1-7-6(11)12-4(3)2-8-9-5/h1-2H,(H,9,10). The Balaban J connectivity index is 3.06. The number of aromatic nitrogens is 3. The second-order valence-corrected chi connectivity index (χ2v) is 2.10. The molecule has 2 aromatic heterocycles. The molecule has 0 atom stereocenters. The van der Waals surface area contributed by atoms with Crippen LogP contribution in [-0.4, -0.2) is 15.2 Å². The van der Waals surface area contributed by atoms with Gasteiger partial charge in [-0.25, -0.2) is 9.89 Å². The van der Waals surface area contributed by atoms with E-state index in [0.29, 0.717) is 0 Å². The first kappa shape index (κ1) is 6.71. The molecule has 60 valence electrons. The van der Waals surface area contributed by atoms with Crippen molar-refractivity contribution in [3.63, 3.8) is 0 Å². The summed E-state index contributed by atoms with van der Waals surface area (Å²) in [7, 11) is 0. The predicted molar refractivity (Wildman–Crippen MR) is 38.7 cm³/mol. The molecular weight excluding hydrogens is 162 g/mol. The highest BCUT2D eigenvalue weighted by molar-refractivity contribution is 5.72. The van der Waals surface area contributed by atoms with E-state index in [-0.39, 0.29) is 11.0 Å². The molecule has 1 N–H and O–H groups in total. The lowest BCUT2D eigenvalue weighted by molar-refractivity contribution is 0.528. The number of nitrogens with one attached hydrogen (secondary N) is 1. The first-order chi connectivity index (χ1) is 5.77. The lowest BCUT2D eigenvalue weighted by Gasteiger charge is -1.89. The summed E-state index contributed by atoms with van der Waals surface area (Å²) >= 11 is 0. The van der Waals surface area contributed by atoms with Crippen molar-refractivity contribution < 1.29 is 4.42 Å². The average Bonchev–Trinajstić information content (AvgIpc) is 2.04. The first-order valence-corrected chi connectivity index (χ1v) is 3.11. The van der Waals surface area contributed by atoms with E-state index < -0.39 is 11.3 Å². The molecule has 0 amide bonds. The van der Waals surface area contributed by atoms with Crippen molar-refractivity contribution in [2.75, 3.05) is 0 Å². The third-order valence-corrected chi connectivity index (χ3v) is 1.35. The van der Waals surface area contributed by atoms with Gasteiger partial charge in [0.1, 0.15) is 5.39 Å². The maximum Gasteiger partial charge on any atom is 0.439 e. The summed E-state index contributed by atoms with van der Waals surface area (Å²) in [5.41, 5.74) is -0.289. The maximum atomic E-state index is 11.0. The molecule has 0 unspecified atom stereocenters. The van der Waals surface area contributed by atoms with Crippen molar-refractivity contribution in [3.8, 4) is 0 Å². The third-order valence-electron chi connectivity index (χ3n) is 1.35. The van der Waals surface area contributed by atoms with Crippen LogP contribution in [0.2, 0.25) is 0 Å². The van der Waals surface area contributed by atoms with E-state index in [1.165, 1.54) is 6.20 Å². The molecule has 0 saturated heterocycles. The third kappa shape index (κ3) is 0.895. The topological polar surface area (TPSA) is 88.9 Å². The van der Waals surface area contributed by atoms with Gasteiger partial charge in [0.05, 0.1) is 12.4 Å². The fourth-order valence-electron chi connectivity index (χ4n) is 0.832. The van der Waals surface area contributed by atoms with E-state index in [1.807, 2.05) is 0 Å². The highest BCUT2D eigenvalue weighted by atomic mass is 16.4. The molecule has 2 aromatic rings. The van der Waals surface area contributed by atoms with Crippen LogP contribution in [0.3, 0.4) is 0 Å². The molecule has 0 aliphatic heterocycles. The minimum atomic E-state index is -0.741. The average molecular weight is 165 g/mol. The summed E-state index contributed by atoms with van der Waals surface area (Å²) in [6.07, 6.45) is 2.40. The normalized spacial score (nSPS) is 10.3. The van der Waals surface area contributed by atoms with E-state index in [0.717, 1.165) is 6.20 Å². The molecule has 2 rings (SSSR count). The number of hydrogen-bond donors (Lipinski definition) is 1. The Morgan fingerprint density at radius 3 is 3.00 bits per heavy atom. The Morgan fingerprint density at radius 2 is 2.17 bits per heavy atom. The van der Waals surface area contributed by atoms with Crippen LogP contribution in [0, 0.1) is 0 Å². The van der Waals surface area contributed by atoms with Crippen LogP contribution < -0.4 is 11.3 Å². The SMILES string of the molecule is O=c1ncc2c(=O)[nH]ncc2o1. The van der Waals surface area contributed by atoms with Crippen molar-refractivity contribution in [1.82, 2.24) is 15.2 Å². The lowest BCUT2D eigenvalue weighted by Crippen LogP contribution is -2.11. The molecule has 0 saturated carbocycles. The molecule has 6 nitrogen and oxygen atoms in total. The Hall–Kier alpha value is -1.98. The van der Waals surface area contributed by atoms with Gasteiger partial charge in [0.15, 0.2) is 5.58 Å². The number of H-pyrrole nitrogens is 1. The van der Waals surface area contributed by atoms with Crippen LogP contribution in [-0.2, 0) is 0 Å². The van der Waals surface area contributed by atoms with Gasteiger partial charge >= 0.3 is 5.76 Å². The summed E-state index contributed by atoms with van der Waals surface area (Å²) in [5.74, 6) is -0.741. The zero-order valence-electron chi connectivity index (χ0n) is 5.77. The maximum absolute atomic E-state index is 11.0. The quantitative estimate of drug-likeness (QED) is 0.556. The Morgan fingerprint density at radius 1 is 1.33 bits per heavy atom. The zero-order valence-corrected chi connectivity index (χ0v) is 5.77. The summed E-state index contributed by atoms with van der Waals surface area (Å²) in [6.45, 7) is 0. The van der Waals surface area contributed by atoms with Gasteiger partial charge in [-0.2, -0.15) is 10.1 Å². The minimum absolute atomic E-state index is 0.138. The Labute approximate surface area is 64.9 Å². The number of rotatable bonds is 0. The summed E-state index contributed by atoms with van der Waals surface area (Å²) in [6, 6.07) is 0.